The van der Waals surface area contributed by atoms with Gasteiger partial charge in [-0.15, -0.1) is 0 Å². The van der Waals surface area contributed by atoms with Crippen LogP contribution in [0.4, 0.5) is 0 Å². The third kappa shape index (κ3) is 4.83. The summed E-state index contributed by atoms with van der Waals surface area (Å²) in [5, 5.41) is 0.920. The quantitative estimate of drug-likeness (QED) is 0.256. The Morgan fingerprint density at radius 2 is 2.00 bits per heavy atom. The van der Waals surface area contributed by atoms with E-state index in [-0.39, 0.29) is 0 Å². The van der Waals surface area contributed by atoms with Crippen molar-refractivity contribution in [2.75, 3.05) is 6.61 Å². The van der Waals surface area contributed by atoms with E-state index in [9.17, 15) is 0 Å². The fourth-order valence-corrected chi connectivity index (χ4v) is 4.12. The van der Waals surface area contributed by atoms with Gasteiger partial charge in [0.1, 0.15) is 24.5 Å². The van der Waals surface area contributed by atoms with Crippen LogP contribution in [0, 0.1) is 10.5 Å². The summed E-state index contributed by atoms with van der Waals surface area (Å²) in [5.74, 6) is 1.35. The molecule has 0 atom stereocenters. The van der Waals surface area contributed by atoms with E-state index in [1.807, 2.05) is 42.0 Å². The summed E-state index contributed by atoms with van der Waals surface area (Å²) < 4.78 is 15.0. The van der Waals surface area contributed by atoms with Crippen LogP contribution < -0.4 is 4.74 Å². The van der Waals surface area contributed by atoms with Crippen LogP contribution >= 0.6 is 22.6 Å². The normalized spacial score (nSPS) is 11.9. The lowest BCUT2D eigenvalue weighted by molar-refractivity contribution is 0.0898. The molecule has 3 aromatic rings. The van der Waals surface area contributed by atoms with Gasteiger partial charge in [-0.3, -0.25) is 0 Å². The van der Waals surface area contributed by atoms with E-state index in [1.165, 1.54) is 0 Å². The zero-order chi connectivity index (χ0) is 18.7. The maximum atomic E-state index is 6.03. The molecule has 0 N–H and O–H groups in total. The predicted octanol–water partition coefficient (Wildman–Crippen LogP) is 5.45. The molecule has 0 radical (unpaired) electrons. The fourth-order valence-electron chi connectivity index (χ4n) is 2.56. The van der Waals surface area contributed by atoms with Crippen LogP contribution in [0.3, 0.4) is 0 Å². The second-order valence-electron chi connectivity index (χ2n) is 7.59. The van der Waals surface area contributed by atoms with Crippen LogP contribution in [-0.2, 0) is 11.5 Å². The Hall–Kier alpha value is -1.45. The number of rotatable bonds is 7. The fraction of sp³-hybridized carbons (Fsp3) is 0.368. The van der Waals surface area contributed by atoms with Crippen LogP contribution in [0.1, 0.15) is 5.56 Å². The van der Waals surface area contributed by atoms with Gasteiger partial charge in [0.25, 0.3) is 0 Å². The molecule has 0 amide bonds. The molecule has 0 aliphatic carbocycles. The van der Waals surface area contributed by atoms with Gasteiger partial charge in [0.05, 0.1) is 5.39 Å². The number of hydrogen-bond acceptors (Lipinski definition) is 4. The van der Waals surface area contributed by atoms with Crippen molar-refractivity contribution in [3.05, 3.63) is 45.9 Å². The summed E-state index contributed by atoms with van der Waals surface area (Å²) in [6.07, 6.45) is 3.58. The lowest BCUT2D eigenvalue weighted by Crippen LogP contribution is -2.22. The van der Waals surface area contributed by atoms with Crippen LogP contribution in [0.5, 0.6) is 11.6 Å². The van der Waals surface area contributed by atoms with Crippen molar-refractivity contribution >= 4 is 41.7 Å². The summed E-state index contributed by atoms with van der Waals surface area (Å²) >= 11 is 2.30. The Morgan fingerprint density at radius 1 is 1.19 bits per heavy atom. The van der Waals surface area contributed by atoms with Gasteiger partial charge < -0.3 is 14.0 Å². The zero-order valence-electron chi connectivity index (χ0n) is 15.6. The highest BCUT2D eigenvalue weighted by atomic mass is 127. The number of aryl methyl sites for hydroxylation is 1. The second kappa shape index (κ2) is 8.06. The van der Waals surface area contributed by atoms with Crippen LogP contribution in [0.25, 0.3) is 11.0 Å². The molecule has 7 heteroatoms. The number of ether oxygens (including phenoxy) is 2. The minimum atomic E-state index is -1.08. The summed E-state index contributed by atoms with van der Waals surface area (Å²) in [6.45, 7) is 10.4. The maximum absolute atomic E-state index is 6.03. The minimum absolute atomic E-state index is 0.491. The van der Waals surface area contributed by atoms with Gasteiger partial charge in [0, 0.05) is 24.4 Å². The van der Waals surface area contributed by atoms with Crippen molar-refractivity contribution in [3.8, 4) is 11.6 Å². The van der Waals surface area contributed by atoms with E-state index in [0.29, 0.717) is 12.6 Å². The van der Waals surface area contributed by atoms with E-state index < -0.39 is 8.07 Å². The first kappa shape index (κ1) is 19.3. The average molecular weight is 481 g/mol. The standard InChI is InChI=1S/C19H24IN3O2Si/c1-14-6-5-7-15(10-14)25-19-17-16(20)11-23(18(17)21-12-22-19)13-24-8-9-26(2,3)4/h5-7,10-12H,8-9,13H2,1-4H3. The van der Waals surface area contributed by atoms with E-state index >= 15 is 0 Å². The molecule has 0 saturated carbocycles. The van der Waals surface area contributed by atoms with Crippen LogP contribution in [0.15, 0.2) is 36.8 Å². The molecule has 138 valence electrons. The predicted molar refractivity (Wildman–Crippen MR) is 116 cm³/mol. The molecule has 0 spiro atoms. The monoisotopic (exact) mass is 481 g/mol. The molecular formula is C19H24IN3O2Si. The molecule has 0 saturated heterocycles. The molecule has 2 heterocycles. The van der Waals surface area contributed by atoms with Crippen molar-refractivity contribution in [1.29, 1.82) is 0 Å². The topological polar surface area (TPSA) is 49.2 Å². The van der Waals surface area contributed by atoms with Crippen molar-refractivity contribution in [3.63, 3.8) is 0 Å². The Bertz CT molecular complexity index is 905. The molecule has 3 rings (SSSR count). The van der Waals surface area contributed by atoms with Crippen LogP contribution in [0.2, 0.25) is 25.7 Å². The molecule has 2 aromatic heterocycles. The lowest BCUT2D eigenvalue weighted by atomic mass is 10.2. The number of benzene rings is 1. The third-order valence-electron chi connectivity index (χ3n) is 4.00. The van der Waals surface area contributed by atoms with E-state index in [1.54, 1.807) is 6.33 Å². The summed E-state index contributed by atoms with van der Waals surface area (Å²) in [6, 6.07) is 9.10. The Kier molecular flexibility index (Phi) is 5.98. The number of halogens is 1. The van der Waals surface area contributed by atoms with Gasteiger partial charge in [0.15, 0.2) is 0 Å². The van der Waals surface area contributed by atoms with Gasteiger partial charge in [0.2, 0.25) is 5.88 Å². The molecule has 5 nitrogen and oxygen atoms in total. The number of aromatic nitrogens is 3. The van der Waals surface area contributed by atoms with Crippen molar-refractivity contribution in [1.82, 2.24) is 14.5 Å². The molecule has 0 bridgehead atoms. The zero-order valence-corrected chi connectivity index (χ0v) is 18.8. The Morgan fingerprint density at radius 3 is 2.73 bits per heavy atom. The van der Waals surface area contributed by atoms with Gasteiger partial charge in [-0.2, -0.15) is 0 Å². The summed E-state index contributed by atoms with van der Waals surface area (Å²) in [4.78, 5) is 8.79. The van der Waals surface area contributed by atoms with Gasteiger partial charge in [-0.25, -0.2) is 9.97 Å². The number of hydrogen-bond donors (Lipinski definition) is 0. The average Bonchev–Trinajstić information content (AvgIpc) is 2.88. The molecular weight excluding hydrogens is 457 g/mol. The summed E-state index contributed by atoms with van der Waals surface area (Å²) in [7, 11) is -1.08. The van der Waals surface area contributed by atoms with Crippen molar-refractivity contribution in [2.45, 2.75) is 39.3 Å². The second-order valence-corrected chi connectivity index (χ2v) is 14.4. The first-order valence-electron chi connectivity index (χ1n) is 8.65. The highest BCUT2D eigenvalue weighted by molar-refractivity contribution is 14.1. The number of nitrogens with zero attached hydrogens (tertiary/aromatic N) is 3. The molecule has 0 unspecified atom stereocenters. The molecule has 0 aliphatic rings. The number of fused-ring (bicyclic) bond motifs is 1. The van der Waals surface area contributed by atoms with Gasteiger partial charge >= 0.3 is 0 Å². The maximum Gasteiger partial charge on any atom is 0.232 e. The SMILES string of the molecule is Cc1cccc(Oc2ncnc3c2c(I)cn3COCC[Si](C)(C)C)c1. The molecule has 0 aliphatic heterocycles. The first-order chi connectivity index (χ1) is 12.3. The van der Waals surface area contributed by atoms with Crippen LogP contribution in [-0.4, -0.2) is 29.2 Å². The Balaban J connectivity index is 1.81. The summed E-state index contributed by atoms with van der Waals surface area (Å²) in [5.41, 5.74) is 1.98. The highest BCUT2D eigenvalue weighted by Crippen LogP contribution is 2.31. The van der Waals surface area contributed by atoms with Crippen molar-refractivity contribution < 1.29 is 9.47 Å². The van der Waals surface area contributed by atoms with Gasteiger partial charge in [-0.05, 0) is 53.3 Å². The first-order valence-corrected chi connectivity index (χ1v) is 13.4. The Labute approximate surface area is 168 Å². The lowest BCUT2D eigenvalue weighted by Gasteiger charge is -2.15. The highest BCUT2D eigenvalue weighted by Gasteiger charge is 2.16. The van der Waals surface area contributed by atoms with Crippen molar-refractivity contribution in [2.24, 2.45) is 0 Å². The molecule has 1 aromatic carbocycles. The van der Waals surface area contributed by atoms with E-state index in [2.05, 4.69) is 52.2 Å². The van der Waals surface area contributed by atoms with E-state index in [0.717, 1.165) is 38.6 Å². The van der Waals surface area contributed by atoms with Gasteiger partial charge in [-0.1, -0.05) is 31.8 Å². The van der Waals surface area contributed by atoms with E-state index in [4.69, 9.17) is 9.47 Å². The smallest absolute Gasteiger partial charge is 0.232 e. The third-order valence-corrected chi connectivity index (χ3v) is 6.53. The molecule has 0 fully saturated rings. The minimum Gasteiger partial charge on any atom is -0.438 e. The largest absolute Gasteiger partial charge is 0.438 e. The molecule has 26 heavy (non-hydrogen) atoms.